The second-order valence-corrected chi connectivity index (χ2v) is 3.61. The number of fused-ring (bicyclic) bond motifs is 1. The molecule has 0 atom stereocenters. The molecule has 0 aliphatic rings. The van der Waals surface area contributed by atoms with Gasteiger partial charge in [-0.25, -0.2) is 0 Å². The van der Waals surface area contributed by atoms with Crippen LogP contribution in [0.1, 0.15) is 10.4 Å². The van der Waals surface area contributed by atoms with Crippen LogP contribution in [0.5, 0.6) is 0 Å². The summed E-state index contributed by atoms with van der Waals surface area (Å²) in [7, 11) is 0. The van der Waals surface area contributed by atoms with Gasteiger partial charge in [-0.1, -0.05) is 30.3 Å². The first-order valence-electron chi connectivity index (χ1n) is 5.28. The largest absolute Gasteiger partial charge is 0.351 e. The van der Waals surface area contributed by atoms with Gasteiger partial charge in [-0.05, 0) is 22.9 Å². The highest BCUT2D eigenvalue weighted by Crippen LogP contribution is 2.15. The van der Waals surface area contributed by atoms with Gasteiger partial charge in [0, 0.05) is 18.7 Å². The molecule has 1 amide bonds. The van der Waals surface area contributed by atoms with Gasteiger partial charge in [-0.2, -0.15) is 0 Å². The Morgan fingerprint density at radius 1 is 1.12 bits per heavy atom. The predicted molar refractivity (Wildman–Crippen MR) is 65.3 cm³/mol. The normalized spacial score (nSPS) is 10.3. The van der Waals surface area contributed by atoms with Crippen LogP contribution in [0.25, 0.3) is 10.8 Å². The van der Waals surface area contributed by atoms with E-state index < -0.39 is 0 Å². The predicted octanol–water partition coefficient (Wildman–Crippen LogP) is 1.53. The van der Waals surface area contributed by atoms with Crippen molar-refractivity contribution in [2.45, 2.75) is 0 Å². The van der Waals surface area contributed by atoms with Gasteiger partial charge in [0.25, 0.3) is 5.91 Å². The summed E-state index contributed by atoms with van der Waals surface area (Å²) in [6.07, 6.45) is 0. The van der Waals surface area contributed by atoms with Gasteiger partial charge in [-0.15, -0.1) is 0 Å². The van der Waals surface area contributed by atoms with Crippen LogP contribution in [0.3, 0.4) is 0 Å². The molecule has 0 aliphatic carbocycles. The minimum absolute atomic E-state index is 0.0730. The minimum atomic E-state index is -0.0730. The summed E-state index contributed by atoms with van der Waals surface area (Å²) in [5.41, 5.74) is 6.00. The Kier molecular flexibility index (Phi) is 3.17. The van der Waals surface area contributed by atoms with E-state index in [4.69, 9.17) is 5.73 Å². The zero-order valence-electron chi connectivity index (χ0n) is 8.94. The van der Waals surface area contributed by atoms with E-state index >= 15 is 0 Å². The summed E-state index contributed by atoms with van der Waals surface area (Å²) in [5.74, 6) is -0.0730. The number of benzene rings is 2. The molecule has 2 rings (SSSR count). The van der Waals surface area contributed by atoms with Crippen molar-refractivity contribution in [3.8, 4) is 0 Å². The molecule has 2 aromatic carbocycles. The summed E-state index contributed by atoms with van der Waals surface area (Å²) >= 11 is 0. The van der Waals surface area contributed by atoms with Crippen LogP contribution >= 0.6 is 0 Å². The molecule has 2 aromatic rings. The van der Waals surface area contributed by atoms with Crippen molar-refractivity contribution in [2.24, 2.45) is 5.73 Å². The average molecular weight is 214 g/mol. The fourth-order valence-electron chi connectivity index (χ4n) is 1.62. The van der Waals surface area contributed by atoms with Gasteiger partial charge >= 0.3 is 0 Å². The Labute approximate surface area is 94.3 Å². The van der Waals surface area contributed by atoms with Crippen molar-refractivity contribution in [3.05, 3.63) is 48.0 Å². The Hall–Kier alpha value is -1.87. The maximum absolute atomic E-state index is 11.7. The van der Waals surface area contributed by atoms with Gasteiger partial charge in [-0.3, -0.25) is 4.79 Å². The van der Waals surface area contributed by atoms with Gasteiger partial charge in [0.05, 0.1) is 0 Å². The number of nitrogens with one attached hydrogen (secondary N) is 1. The topological polar surface area (TPSA) is 55.1 Å². The average Bonchev–Trinajstić information content (AvgIpc) is 2.35. The quantitative estimate of drug-likeness (QED) is 0.814. The molecule has 0 saturated carbocycles. The maximum Gasteiger partial charge on any atom is 0.251 e. The number of rotatable bonds is 3. The smallest absolute Gasteiger partial charge is 0.251 e. The van der Waals surface area contributed by atoms with E-state index in [1.54, 1.807) is 0 Å². The van der Waals surface area contributed by atoms with E-state index in [2.05, 4.69) is 5.32 Å². The van der Waals surface area contributed by atoms with E-state index in [0.717, 1.165) is 10.8 Å². The molecule has 3 heteroatoms. The fraction of sp³-hybridized carbons (Fsp3) is 0.154. The molecule has 0 unspecified atom stereocenters. The number of hydrogen-bond donors (Lipinski definition) is 2. The van der Waals surface area contributed by atoms with Crippen LogP contribution in [0.4, 0.5) is 0 Å². The number of carbonyl (C=O) groups is 1. The Morgan fingerprint density at radius 2 is 1.88 bits per heavy atom. The van der Waals surface area contributed by atoms with Crippen LogP contribution in [-0.2, 0) is 0 Å². The SMILES string of the molecule is NCCNC(=O)c1ccc2ccccc2c1. The minimum Gasteiger partial charge on any atom is -0.351 e. The summed E-state index contributed by atoms with van der Waals surface area (Å²) in [5, 5.41) is 4.96. The third kappa shape index (κ3) is 2.20. The molecule has 82 valence electrons. The summed E-state index contributed by atoms with van der Waals surface area (Å²) in [4.78, 5) is 11.7. The Bertz CT molecular complexity index is 508. The lowest BCUT2D eigenvalue weighted by Gasteiger charge is -2.04. The highest BCUT2D eigenvalue weighted by molar-refractivity contribution is 5.98. The van der Waals surface area contributed by atoms with E-state index in [1.165, 1.54) is 0 Å². The molecule has 0 saturated heterocycles. The van der Waals surface area contributed by atoms with Crippen LogP contribution in [0.2, 0.25) is 0 Å². The highest BCUT2D eigenvalue weighted by Gasteiger charge is 2.04. The molecule has 3 N–H and O–H groups in total. The van der Waals surface area contributed by atoms with E-state index in [-0.39, 0.29) is 5.91 Å². The standard InChI is InChI=1S/C13H14N2O/c14-7-8-15-13(16)12-6-5-10-3-1-2-4-11(10)9-12/h1-6,9H,7-8,14H2,(H,15,16). The molecule has 0 fully saturated rings. The van der Waals surface area contributed by atoms with Crippen molar-refractivity contribution in [3.63, 3.8) is 0 Å². The first-order chi connectivity index (χ1) is 7.81. The monoisotopic (exact) mass is 214 g/mol. The molecule has 0 heterocycles. The zero-order chi connectivity index (χ0) is 11.4. The summed E-state index contributed by atoms with van der Waals surface area (Å²) in [6, 6.07) is 13.6. The van der Waals surface area contributed by atoms with Crippen molar-refractivity contribution in [2.75, 3.05) is 13.1 Å². The molecule has 0 aromatic heterocycles. The lowest BCUT2D eigenvalue weighted by Crippen LogP contribution is -2.28. The van der Waals surface area contributed by atoms with Gasteiger partial charge in [0.15, 0.2) is 0 Å². The zero-order valence-corrected chi connectivity index (χ0v) is 8.94. The number of nitrogens with two attached hydrogens (primary N) is 1. The third-order valence-corrected chi connectivity index (χ3v) is 2.44. The first-order valence-corrected chi connectivity index (χ1v) is 5.28. The molecule has 0 spiro atoms. The van der Waals surface area contributed by atoms with Crippen molar-refractivity contribution < 1.29 is 4.79 Å². The number of amides is 1. The molecule has 16 heavy (non-hydrogen) atoms. The second kappa shape index (κ2) is 4.77. The van der Waals surface area contributed by atoms with Crippen LogP contribution in [-0.4, -0.2) is 19.0 Å². The van der Waals surface area contributed by atoms with Crippen LogP contribution in [0.15, 0.2) is 42.5 Å². The summed E-state index contributed by atoms with van der Waals surface area (Å²) < 4.78 is 0. The van der Waals surface area contributed by atoms with Crippen molar-refractivity contribution in [1.29, 1.82) is 0 Å². The Balaban J connectivity index is 2.28. The number of carbonyl (C=O) groups excluding carboxylic acids is 1. The van der Waals surface area contributed by atoms with Crippen molar-refractivity contribution in [1.82, 2.24) is 5.32 Å². The van der Waals surface area contributed by atoms with Gasteiger partial charge < -0.3 is 11.1 Å². The first kappa shape index (κ1) is 10.6. The lowest BCUT2D eigenvalue weighted by molar-refractivity contribution is 0.0955. The van der Waals surface area contributed by atoms with Crippen LogP contribution < -0.4 is 11.1 Å². The molecule has 0 bridgehead atoms. The van der Waals surface area contributed by atoms with E-state index in [9.17, 15) is 4.79 Å². The molecular formula is C13H14N2O. The van der Waals surface area contributed by atoms with Crippen LogP contribution in [0, 0.1) is 0 Å². The highest BCUT2D eigenvalue weighted by atomic mass is 16.1. The van der Waals surface area contributed by atoms with Crippen molar-refractivity contribution >= 4 is 16.7 Å². The van der Waals surface area contributed by atoms with E-state index in [0.29, 0.717) is 18.7 Å². The maximum atomic E-state index is 11.7. The van der Waals surface area contributed by atoms with Gasteiger partial charge in [0.1, 0.15) is 0 Å². The van der Waals surface area contributed by atoms with E-state index in [1.807, 2.05) is 42.5 Å². The second-order valence-electron chi connectivity index (χ2n) is 3.61. The van der Waals surface area contributed by atoms with Gasteiger partial charge in [0.2, 0.25) is 0 Å². The Morgan fingerprint density at radius 3 is 2.62 bits per heavy atom. The molecule has 0 radical (unpaired) electrons. The fourth-order valence-corrected chi connectivity index (χ4v) is 1.62. The third-order valence-electron chi connectivity index (χ3n) is 2.44. The summed E-state index contributed by atoms with van der Waals surface area (Å²) in [6.45, 7) is 0.963. The molecular weight excluding hydrogens is 200 g/mol. The molecule has 3 nitrogen and oxygen atoms in total. The lowest BCUT2D eigenvalue weighted by atomic mass is 10.1. The molecule has 0 aliphatic heterocycles. The number of hydrogen-bond acceptors (Lipinski definition) is 2.